The second-order valence-electron chi connectivity index (χ2n) is 8.12. The number of benzene rings is 3. The number of aromatic nitrogens is 1. The number of carbonyl (C=O) groups excluding carboxylic acids is 1. The van der Waals surface area contributed by atoms with Crippen LogP contribution in [0.2, 0.25) is 0 Å². The van der Waals surface area contributed by atoms with E-state index in [4.69, 9.17) is 18.9 Å². The Morgan fingerprint density at radius 3 is 2.29 bits per heavy atom. The zero-order valence-electron chi connectivity index (χ0n) is 20.4. The van der Waals surface area contributed by atoms with E-state index in [2.05, 4.69) is 10.3 Å². The molecule has 0 saturated heterocycles. The van der Waals surface area contributed by atoms with Gasteiger partial charge < -0.3 is 29.2 Å². The van der Waals surface area contributed by atoms with Crippen LogP contribution in [0.5, 0.6) is 23.0 Å². The molecule has 1 aromatic heterocycles. The second kappa shape index (κ2) is 10.9. The fourth-order valence-corrected chi connectivity index (χ4v) is 4.30. The molecule has 0 bridgehead atoms. The summed E-state index contributed by atoms with van der Waals surface area (Å²) in [6.07, 6.45) is 2.20. The van der Waals surface area contributed by atoms with Crippen LogP contribution < -0.4 is 24.3 Å². The molecule has 1 atom stereocenters. The lowest BCUT2D eigenvalue weighted by Gasteiger charge is -2.19. The lowest BCUT2D eigenvalue weighted by Crippen LogP contribution is -2.25. The van der Waals surface area contributed by atoms with Gasteiger partial charge in [-0.05, 0) is 53.1 Å². The van der Waals surface area contributed by atoms with E-state index in [1.807, 2.05) is 66.9 Å². The normalized spacial score (nSPS) is 11.7. The lowest BCUT2D eigenvalue weighted by molar-refractivity contribution is -0.121. The molecule has 7 heteroatoms. The van der Waals surface area contributed by atoms with Crippen molar-refractivity contribution < 1.29 is 23.7 Å². The summed E-state index contributed by atoms with van der Waals surface area (Å²) in [7, 11) is 6.49. The number of rotatable bonds is 10. The van der Waals surface area contributed by atoms with Crippen LogP contribution in [0.25, 0.3) is 10.9 Å². The Hall–Kier alpha value is -4.13. The number of carbonyl (C=O) groups is 1. The molecule has 4 rings (SSSR count). The highest BCUT2D eigenvalue weighted by molar-refractivity contribution is 5.91. The number of nitrogens with one attached hydrogen (secondary N) is 2. The van der Waals surface area contributed by atoms with Crippen molar-refractivity contribution in [2.75, 3.05) is 28.4 Å². The van der Waals surface area contributed by atoms with Gasteiger partial charge in [0.1, 0.15) is 11.5 Å². The molecule has 0 spiro atoms. The first-order chi connectivity index (χ1) is 17.1. The second-order valence-corrected chi connectivity index (χ2v) is 8.12. The van der Waals surface area contributed by atoms with Gasteiger partial charge in [0.25, 0.3) is 0 Å². The van der Waals surface area contributed by atoms with E-state index in [0.29, 0.717) is 18.0 Å². The van der Waals surface area contributed by atoms with Gasteiger partial charge in [0.15, 0.2) is 11.5 Å². The Bertz CT molecular complexity index is 1300. The third-order valence-electron chi connectivity index (χ3n) is 6.14. The van der Waals surface area contributed by atoms with E-state index in [1.54, 1.807) is 28.4 Å². The number of hydrogen-bond donors (Lipinski definition) is 2. The first-order valence-corrected chi connectivity index (χ1v) is 11.3. The predicted octanol–water partition coefficient (Wildman–Crippen LogP) is 5.04. The quantitative estimate of drug-likeness (QED) is 0.337. The van der Waals surface area contributed by atoms with E-state index in [1.165, 1.54) is 0 Å². The van der Waals surface area contributed by atoms with Crippen LogP contribution in [0.4, 0.5) is 0 Å². The van der Waals surface area contributed by atoms with Crippen molar-refractivity contribution in [1.82, 2.24) is 10.3 Å². The molecule has 35 heavy (non-hydrogen) atoms. The number of H-pyrrole nitrogens is 1. The van der Waals surface area contributed by atoms with Crippen molar-refractivity contribution in [2.24, 2.45) is 0 Å². The zero-order chi connectivity index (χ0) is 24.8. The van der Waals surface area contributed by atoms with E-state index < -0.39 is 0 Å². The van der Waals surface area contributed by atoms with Crippen LogP contribution in [0, 0.1) is 0 Å². The monoisotopic (exact) mass is 474 g/mol. The highest BCUT2D eigenvalue weighted by atomic mass is 16.5. The van der Waals surface area contributed by atoms with Crippen molar-refractivity contribution in [3.8, 4) is 23.0 Å². The minimum Gasteiger partial charge on any atom is -0.497 e. The van der Waals surface area contributed by atoms with Gasteiger partial charge >= 0.3 is 0 Å². The van der Waals surface area contributed by atoms with Crippen LogP contribution >= 0.6 is 0 Å². The minimum atomic E-state index is -0.240. The van der Waals surface area contributed by atoms with E-state index >= 15 is 0 Å². The smallest absolute Gasteiger partial charge is 0.221 e. The number of hydrogen-bond acceptors (Lipinski definition) is 5. The van der Waals surface area contributed by atoms with Crippen LogP contribution in [-0.2, 0) is 11.3 Å². The molecule has 0 saturated carbocycles. The molecule has 1 heterocycles. The lowest BCUT2D eigenvalue weighted by atomic mass is 9.87. The number of aromatic amines is 1. The summed E-state index contributed by atoms with van der Waals surface area (Å²) in [6, 6.07) is 19.3. The van der Waals surface area contributed by atoms with Gasteiger partial charge in [-0.15, -0.1) is 0 Å². The number of ether oxygens (including phenoxy) is 4. The van der Waals surface area contributed by atoms with Gasteiger partial charge in [-0.1, -0.05) is 24.3 Å². The highest BCUT2D eigenvalue weighted by Gasteiger charge is 2.24. The maximum atomic E-state index is 13.2. The highest BCUT2D eigenvalue weighted by Crippen LogP contribution is 2.40. The number of methoxy groups -OCH3 is 4. The fourth-order valence-electron chi connectivity index (χ4n) is 4.30. The minimum absolute atomic E-state index is 0.0650. The van der Waals surface area contributed by atoms with Gasteiger partial charge in [0, 0.05) is 36.0 Å². The Kier molecular flexibility index (Phi) is 7.45. The SMILES string of the molecule is COc1ccc(CNC(=O)C[C@H](c2ccc(OC)c(OC)c2)c2c[nH]c3cccc(OC)c23)cc1. The van der Waals surface area contributed by atoms with Crippen LogP contribution in [0.1, 0.15) is 29.0 Å². The summed E-state index contributed by atoms with van der Waals surface area (Å²) in [5, 5.41) is 4.01. The molecule has 0 aliphatic carbocycles. The number of fused-ring (bicyclic) bond motifs is 1. The van der Waals surface area contributed by atoms with Gasteiger partial charge in [-0.25, -0.2) is 0 Å². The van der Waals surface area contributed by atoms with Gasteiger partial charge in [0.05, 0.1) is 28.4 Å². The maximum Gasteiger partial charge on any atom is 0.221 e. The molecule has 182 valence electrons. The molecule has 4 aromatic rings. The summed E-state index contributed by atoms with van der Waals surface area (Å²) in [5.41, 5.74) is 3.86. The fraction of sp³-hybridized carbons (Fsp3) is 0.250. The van der Waals surface area contributed by atoms with Gasteiger partial charge in [0.2, 0.25) is 5.91 Å². The Morgan fingerprint density at radius 2 is 1.60 bits per heavy atom. The standard InChI is InChI=1S/C28H30N2O5/c1-32-20-11-8-18(9-12-20)16-30-27(31)15-21(19-10-13-24(33-2)26(14-19)35-4)22-17-29-23-6-5-7-25(34-3)28(22)23/h5-14,17,21,29H,15-16H2,1-4H3,(H,30,31)/t21-/m1/s1. The summed E-state index contributed by atoms with van der Waals surface area (Å²) >= 11 is 0. The zero-order valence-corrected chi connectivity index (χ0v) is 20.4. The molecular formula is C28H30N2O5. The molecule has 0 aliphatic rings. The number of amides is 1. The first-order valence-electron chi connectivity index (χ1n) is 11.3. The van der Waals surface area contributed by atoms with Crippen molar-refractivity contribution in [2.45, 2.75) is 18.9 Å². The molecule has 0 radical (unpaired) electrons. The average Bonchev–Trinajstić information content (AvgIpc) is 3.34. The molecular weight excluding hydrogens is 444 g/mol. The Labute approximate surface area is 205 Å². The Balaban J connectivity index is 1.66. The molecule has 0 unspecified atom stereocenters. The molecule has 0 aliphatic heterocycles. The summed E-state index contributed by atoms with van der Waals surface area (Å²) < 4.78 is 21.8. The third kappa shape index (κ3) is 5.19. The topological polar surface area (TPSA) is 81.8 Å². The van der Waals surface area contributed by atoms with Crippen molar-refractivity contribution in [1.29, 1.82) is 0 Å². The van der Waals surface area contributed by atoms with E-state index in [0.717, 1.165) is 39.1 Å². The molecule has 0 fully saturated rings. The van der Waals surface area contributed by atoms with E-state index in [-0.39, 0.29) is 18.2 Å². The van der Waals surface area contributed by atoms with Crippen molar-refractivity contribution >= 4 is 16.8 Å². The van der Waals surface area contributed by atoms with Crippen molar-refractivity contribution in [3.05, 3.63) is 83.6 Å². The average molecular weight is 475 g/mol. The Morgan fingerprint density at radius 1 is 0.857 bits per heavy atom. The molecule has 1 amide bonds. The predicted molar refractivity (Wildman–Crippen MR) is 136 cm³/mol. The molecule has 7 nitrogen and oxygen atoms in total. The third-order valence-corrected chi connectivity index (χ3v) is 6.14. The van der Waals surface area contributed by atoms with Gasteiger partial charge in [-0.2, -0.15) is 0 Å². The summed E-state index contributed by atoms with van der Waals surface area (Å²) in [6.45, 7) is 0.429. The maximum absolute atomic E-state index is 13.2. The summed E-state index contributed by atoms with van der Waals surface area (Å²) in [5.74, 6) is 2.47. The van der Waals surface area contributed by atoms with E-state index in [9.17, 15) is 4.79 Å². The molecule has 2 N–H and O–H groups in total. The van der Waals surface area contributed by atoms with Crippen molar-refractivity contribution in [3.63, 3.8) is 0 Å². The van der Waals surface area contributed by atoms with Crippen LogP contribution in [-0.4, -0.2) is 39.3 Å². The largest absolute Gasteiger partial charge is 0.497 e. The van der Waals surface area contributed by atoms with Crippen LogP contribution in [0.15, 0.2) is 66.9 Å². The van der Waals surface area contributed by atoms with Gasteiger partial charge in [-0.3, -0.25) is 4.79 Å². The molecule has 3 aromatic carbocycles. The summed E-state index contributed by atoms with van der Waals surface area (Å²) in [4.78, 5) is 16.5. The first kappa shape index (κ1) is 24.0. The van der Waals surface area contributed by atoms with Crippen LogP contribution in [0.3, 0.4) is 0 Å².